The van der Waals surface area contributed by atoms with Gasteiger partial charge in [0.15, 0.2) is 0 Å². The van der Waals surface area contributed by atoms with Crippen molar-refractivity contribution < 1.29 is 24.5 Å². The van der Waals surface area contributed by atoms with Crippen LogP contribution in [0.4, 0.5) is 0 Å². The van der Waals surface area contributed by atoms with Gasteiger partial charge in [0.2, 0.25) is 0 Å². The number of hydrogen-bond donors (Lipinski definition) is 0. The van der Waals surface area contributed by atoms with Gasteiger partial charge in [-0.1, -0.05) is 163 Å². The van der Waals surface area contributed by atoms with Gasteiger partial charge in [-0.2, -0.15) is 0 Å². The zero-order valence-electron chi connectivity index (χ0n) is 39.4. The number of fused-ring (bicyclic) bond motifs is 4. The Balaban J connectivity index is 0.000000197. The molecule has 0 spiro atoms. The van der Waals surface area contributed by atoms with E-state index in [1.165, 1.54) is 49.8 Å². The molecule has 0 N–H and O–H groups in total. The van der Waals surface area contributed by atoms with Crippen LogP contribution in [0.2, 0.25) is 19.6 Å². The predicted molar refractivity (Wildman–Crippen MR) is 277 cm³/mol. The van der Waals surface area contributed by atoms with Crippen molar-refractivity contribution in [3.63, 3.8) is 0 Å². The third-order valence-corrected chi connectivity index (χ3v) is 14.5. The molecule has 0 saturated heterocycles. The summed E-state index contributed by atoms with van der Waals surface area (Å²) >= 11 is 0. The molecular weight excluding hydrogens is 999 g/mol. The molecule has 0 aliphatic heterocycles. The first kappa shape index (κ1) is 46.4. The maximum absolute atomic E-state index is 6.47. The van der Waals surface area contributed by atoms with Gasteiger partial charge >= 0.3 is 0 Å². The van der Waals surface area contributed by atoms with E-state index in [1.54, 1.807) is 0 Å². The van der Waals surface area contributed by atoms with E-state index in [-0.39, 0.29) is 20.1 Å². The van der Waals surface area contributed by atoms with Crippen molar-refractivity contribution in [1.29, 1.82) is 0 Å². The number of imidazole rings is 1. The molecule has 0 atom stereocenters. The fourth-order valence-electron chi connectivity index (χ4n) is 8.93. The summed E-state index contributed by atoms with van der Waals surface area (Å²) in [7, 11) is -1.49. The minimum Gasteiger partial charge on any atom is -0.501 e. The minimum absolute atomic E-state index is 0. The number of rotatable bonds is 9. The van der Waals surface area contributed by atoms with Crippen molar-refractivity contribution in [2.45, 2.75) is 78.9 Å². The maximum atomic E-state index is 6.47. The third kappa shape index (κ3) is 9.15. The summed E-state index contributed by atoms with van der Waals surface area (Å²) < 4.78 is 8.83. The van der Waals surface area contributed by atoms with Crippen molar-refractivity contribution in [2.24, 2.45) is 0 Å². The SMILES string of the molecule is CC(C)c1cc(-c2ccccc2)cc(C(C)C)c1-n1c(-c2[c-]ccc3c2oc2ccccc23)nc2ccccc21.CC(C)c1ccc(-c2cc(-c3[c-]cccc3)ncc2[Si](C)(C)C)cc1.[Ir]. The molecule has 66 heavy (non-hydrogen) atoms. The van der Waals surface area contributed by atoms with Crippen molar-refractivity contribution in [3.8, 4) is 50.6 Å². The summed E-state index contributed by atoms with van der Waals surface area (Å²) in [4.78, 5) is 9.98. The van der Waals surface area contributed by atoms with Gasteiger partial charge in [0.25, 0.3) is 0 Å². The smallest absolute Gasteiger partial charge is 0.120 e. The Kier molecular flexibility index (Phi) is 13.6. The van der Waals surface area contributed by atoms with E-state index in [9.17, 15) is 0 Å². The fraction of sp³-hybridized carbons (Fsp3) is 0.200. The second-order valence-electron chi connectivity index (χ2n) is 19.1. The van der Waals surface area contributed by atoms with Crippen LogP contribution in [0.1, 0.15) is 76.0 Å². The topological polar surface area (TPSA) is 43.9 Å². The Morgan fingerprint density at radius 3 is 1.92 bits per heavy atom. The number of pyridine rings is 1. The van der Waals surface area contributed by atoms with Gasteiger partial charge in [-0.25, -0.2) is 0 Å². The van der Waals surface area contributed by atoms with Crippen LogP contribution in [0, 0.1) is 12.1 Å². The molecule has 0 fully saturated rings. The number of benzene rings is 7. The van der Waals surface area contributed by atoms with Crippen molar-refractivity contribution in [1.82, 2.24) is 14.5 Å². The van der Waals surface area contributed by atoms with Crippen LogP contribution in [-0.4, -0.2) is 22.6 Å². The molecule has 0 amide bonds. The van der Waals surface area contributed by atoms with E-state index >= 15 is 0 Å². The summed E-state index contributed by atoms with van der Waals surface area (Å²) in [5.74, 6) is 2.01. The zero-order valence-corrected chi connectivity index (χ0v) is 42.8. The van der Waals surface area contributed by atoms with E-state index < -0.39 is 8.07 Å². The molecule has 10 aromatic rings. The summed E-state index contributed by atoms with van der Waals surface area (Å²) in [5, 5.41) is 3.59. The Bertz CT molecular complexity index is 3240. The summed E-state index contributed by atoms with van der Waals surface area (Å²) in [6.45, 7) is 20.7. The van der Waals surface area contributed by atoms with Gasteiger partial charge in [-0.05, 0) is 97.9 Å². The molecule has 0 aliphatic carbocycles. The Morgan fingerprint density at radius 1 is 0.591 bits per heavy atom. The molecule has 7 aromatic carbocycles. The normalized spacial score (nSPS) is 11.7. The quantitative estimate of drug-likeness (QED) is 0.107. The third-order valence-electron chi connectivity index (χ3n) is 12.5. The van der Waals surface area contributed by atoms with Crippen molar-refractivity contribution in [2.75, 3.05) is 0 Å². The van der Waals surface area contributed by atoms with Crippen LogP contribution < -0.4 is 5.19 Å². The fourth-order valence-corrected chi connectivity index (χ4v) is 10.4. The number of nitrogens with zero attached hydrogens (tertiary/aromatic N) is 3. The first-order valence-electron chi connectivity index (χ1n) is 23.0. The summed E-state index contributed by atoms with van der Waals surface area (Å²) in [6.07, 6.45) is 2.09. The second kappa shape index (κ2) is 19.3. The molecule has 0 bridgehead atoms. The zero-order chi connectivity index (χ0) is 45.4. The largest absolute Gasteiger partial charge is 0.501 e. The molecule has 0 aliphatic rings. The van der Waals surface area contributed by atoms with Crippen LogP contribution in [-0.2, 0) is 20.1 Å². The van der Waals surface area contributed by atoms with Gasteiger partial charge in [0.1, 0.15) is 5.58 Å². The summed E-state index contributed by atoms with van der Waals surface area (Å²) in [6, 6.07) is 62.2. The Labute approximate surface area is 405 Å². The van der Waals surface area contributed by atoms with Gasteiger partial charge in [-0.15, -0.1) is 54.1 Å². The van der Waals surface area contributed by atoms with Gasteiger partial charge in [0.05, 0.1) is 30.5 Å². The number of hydrogen-bond acceptors (Lipinski definition) is 3. The maximum Gasteiger partial charge on any atom is 0.120 e. The first-order chi connectivity index (χ1) is 31.4. The van der Waals surface area contributed by atoms with Gasteiger partial charge < -0.3 is 14.0 Å². The van der Waals surface area contributed by atoms with E-state index in [2.05, 4.69) is 205 Å². The Hall–Kier alpha value is -6.17. The van der Waals surface area contributed by atoms with Crippen LogP contribution in [0.5, 0.6) is 0 Å². The Morgan fingerprint density at radius 2 is 1.26 bits per heavy atom. The minimum atomic E-state index is -1.49. The molecule has 10 rings (SSSR count). The molecule has 1 radical (unpaired) electrons. The number of furan rings is 1. The monoisotopic (exact) mass is 1060 g/mol. The van der Waals surface area contributed by atoms with Crippen molar-refractivity contribution in [3.05, 3.63) is 193 Å². The van der Waals surface area contributed by atoms with Gasteiger partial charge in [-0.3, -0.25) is 4.98 Å². The summed E-state index contributed by atoms with van der Waals surface area (Å²) in [5.41, 5.74) is 16.9. The number of para-hydroxylation sites is 3. The standard InChI is InChI=1S/C37H31N2O.C23H26NSi.Ir/c1-23(2)30-21-26(25-13-6-5-7-14-25)22-31(24(3)4)35(30)39-33-19-10-9-18-32(33)38-37(39)29-17-12-16-28-27-15-8-11-20-34(27)40-36(28)29;1-17(2)18-11-13-19(14-12-18)21-15-22(20-9-7-6-8-10-20)24-16-23(21)25(3,4)5;/h5-16,18-24H,1-4H3;6-9,11-17H,1-5H3;/q2*-1;. The second-order valence-corrected chi connectivity index (χ2v) is 24.1. The van der Waals surface area contributed by atoms with Crippen LogP contribution >= 0.6 is 0 Å². The molecule has 4 nitrogen and oxygen atoms in total. The van der Waals surface area contributed by atoms with Crippen LogP contribution in [0.15, 0.2) is 168 Å². The number of aromatic nitrogens is 3. The average molecular weight is 1060 g/mol. The molecule has 0 saturated carbocycles. The van der Waals surface area contributed by atoms with Crippen molar-refractivity contribution >= 4 is 46.2 Å². The first-order valence-corrected chi connectivity index (χ1v) is 26.5. The molecule has 3 aromatic heterocycles. The van der Waals surface area contributed by atoms with E-state index in [0.717, 1.165) is 55.6 Å². The van der Waals surface area contributed by atoms with E-state index in [0.29, 0.717) is 17.8 Å². The van der Waals surface area contributed by atoms with E-state index in [4.69, 9.17) is 14.4 Å². The average Bonchev–Trinajstić information content (AvgIpc) is 3.90. The molecule has 3 heterocycles. The predicted octanol–water partition coefficient (Wildman–Crippen LogP) is 16.2. The molecule has 0 unspecified atom stereocenters. The van der Waals surface area contributed by atoms with Gasteiger partial charge in [0, 0.05) is 37.4 Å². The van der Waals surface area contributed by atoms with Crippen LogP contribution in [0.3, 0.4) is 0 Å². The molecule has 6 heteroatoms. The van der Waals surface area contributed by atoms with Crippen LogP contribution in [0.25, 0.3) is 83.6 Å². The van der Waals surface area contributed by atoms with E-state index in [1.807, 2.05) is 36.4 Å². The molecular formula is C60H57IrN3OSi-2. The molecule has 333 valence electrons.